The average Bonchev–Trinajstić information content (AvgIpc) is 3.29. The zero-order chi connectivity index (χ0) is 23.5. The summed E-state index contributed by atoms with van der Waals surface area (Å²) in [6.45, 7) is 2.29. The van der Waals surface area contributed by atoms with Gasteiger partial charge in [-0.15, -0.1) is 0 Å². The number of nitrogens with one attached hydrogen (secondary N) is 1. The van der Waals surface area contributed by atoms with Gasteiger partial charge in [0.05, 0.1) is 18.8 Å². The molecule has 0 aliphatic carbocycles. The van der Waals surface area contributed by atoms with Crippen LogP contribution in [0.3, 0.4) is 0 Å². The summed E-state index contributed by atoms with van der Waals surface area (Å²) in [5.41, 5.74) is 6.78. The Hall–Kier alpha value is -3.66. The molecule has 0 unspecified atom stereocenters. The van der Waals surface area contributed by atoms with Gasteiger partial charge in [0.1, 0.15) is 23.6 Å². The lowest BCUT2D eigenvalue weighted by molar-refractivity contribution is 0.0254. The third-order valence-electron chi connectivity index (χ3n) is 6.14. The molecule has 1 saturated heterocycles. The zero-order valence-electron chi connectivity index (χ0n) is 19.5. The molecule has 0 atom stereocenters. The number of ether oxygens (including phenoxy) is 2. The summed E-state index contributed by atoms with van der Waals surface area (Å²) >= 11 is 0. The summed E-state index contributed by atoms with van der Waals surface area (Å²) in [7, 11) is 4.14. The van der Waals surface area contributed by atoms with Crippen molar-refractivity contribution in [1.29, 1.82) is 5.26 Å². The van der Waals surface area contributed by atoms with E-state index >= 15 is 0 Å². The predicted octanol–water partition coefficient (Wildman–Crippen LogP) is 5.39. The first kappa shape index (κ1) is 22.1. The maximum atomic E-state index is 9.80. The second-order valence-electron chi connectivity index (χ2n) is 8.99. The van der Waals surface area contributed by atoms with Gasteiger partial charge in [0.2, 0.25) is 0 Å². The van der Waals surface area contributed by atoms with Gasteiger partial charge in [0, 0.05) is 36.7 Å². The molecule has 6 heteroatoms. The summed E-state index contributed by atoms with van der Waals surface area (Å²) in [5, 5.41) is 10.8. The second-order valence-corrected chi connectivity index (χ2v) is 8.99. The van der Waals surface area contributed by atoms with Crippen LogP contribution in [-0.2, 0) is 11.3 Å². The predicted molar refractivity (Wildman–Crippen MR) is 134 cm³/mol. The lowest BCUT2D eigenvalue weighted by atomic mass is 10.0. The van der Waals surface area contributed by atoms with E-state index in [0.717, 1.165) is 52.8 Å². The number of hydrogen-bond donors (Lipinski definition) is 1. The topological polar surface area (TPSA) is 74.2 Å². The second kappa shape index (κ2) is 9.68. The molecule has 1 fully saturated rings. The number of nitriles is 1. The van der Waals surface area contributed by atoms with Crippen molar-refractivity contribution in [3.05, 3.63) is 71.9 Å². The van der Waals surface area contributed by atoms with Crippen LogP contribution in [0.5, 0.6) is 5.75 Å². The molecule has 1 aliphatic heterocycles. The molecule has 2 aromatic heterocycles. The van der Waals surface area contributed by atoms with Crippen molar-refractivity contribution in [3.63, 3.8) is 0 Å². The lowest BCUT2D eigenvalue weighted by Crippen LogP contribution is -2.26. The van der Waals surface area contributed by atoms with Gasteiger partial charge >= 0.3 is 0 Å². The normalized spacial score (nSPS) is 14.4. The highest BCUT2D eigenvalue weighted by atomic mass is 16.5. The summed E-state index contributed by atoms with van der Waals surface area (Å²) in [6.07, 6.45) is 3.59. The Labute approximate surface area is 199 Å². The molecule has 0 bridgehead atoms. The molecule has 6 nitrogen and oxygen atoms in total. The molecule has 2 aromatic carbocycles. The van der Waals surface area contributed by atoms with Gasteiger partial charge in [-0.3, -0.25) is 0 Å². The van der Waals surface area contributed by atoms with Gasteiger partial charge in [-0.25, -0.2) is 4.98 Å². The molecular formula is C28H28N4O2. The minimum absolute atomic E-state index is 0.0924. The first-order valence-corrected chi connectivity index (χ1v) is 11.6. The van der Waals surface area contributed by atoms with Gasteiger partial charge in [-0.05, 0) is 66.7 Å². The number of rotatable bonds is 6. The largest absolute Gasteiger partial charge is 0.489 e. The van der Waals surface area contributed by atoms with Crippen molar-refractivity contribution in [2.45, 2.75) is 25.5 Å². The van der Waals surface area contributed by atoms with Crippen LogP contribution in [0.15, 0.2) is 60.8 Å². The van der Waals surface area contributed by atoms with Gasteiger partial charge < -0.3 is 19.4 Å². The van der Waals surface area contributed by atoms with Crippen molar-refractivity contribution in [1.82, 2.24) is 14.9 Å². The van der Waals surface area contributed by atoms with Gasteiger partial charge in [-0.2, -0.15) is 5.26 Å². The number of hydrogen-bond acceptors (Lipinski definition) is 5. The van der Waals surface area contributed by atoms with Crippen molar-refractivity contribution < 1.29 is 9.47 Å². The third-order valence-corrected chi connectivity index (χ3v) is 6.14. The minimum Gasteiger partial charge on any atom is -0.489 e. The summed E-state index contributed by atoms with van der Waals surface area (Å²) in [4.78, 5) is 10.2. The molecule has 1 aliphatic rings. The van der Waals surface area contributed by atoms with E-state index in [1.54, 1.807) is 6.20 Å². The average molecular weight is 453 g/mol. The molecule has 4 aromatic rings. The SMILES string of the molecule is CN(C)Cc1cccc(-c2cc3c(-c4ccc(OC5CCOCC5)c(C#N)c4)ccnc3[nH]2)c1. The molecule has 34 heavy (non-hydrogen) atoms. The maximum absolute atomic E-state index is 9.80. The van der Waals surface area contributed by atoms with Crippen LogP contribution in [0, 0.1) is 11.3 Å². The molecular weight excluding hydrogens is 424 g/mol. The van der Waals surface area contributed by atoms with Crippen LogP contribution < -0.4 is 4.74 Å². The smallest absolute Gasteiger partial charge is 0.138 e. The Morgan fingerprint density at radius 3 is 2.74 bits per heavy atom. The Morgan fingerprint density at radius 2 is 1.94 bits per heavy atom. The van der Waals surface area contributed by atoms with Crippen LogP contribution in [-0.4, -0.2) is 48.3 Å². The van der Waals surface area contributed by atoms with Gasteiger partial charge in [0.15, 0.2) is 0 Å². The van der Waals surface area contributed by atoms with E-state index in [0.29, 0.717) is 24.5 Å². The van der Waals surface area contributed by atoms with E-state index in [9.17, 15) is 5.26 Å². The molecule has 172 valence electrons. The molecule has 0 saturated carbocycles. The van der Waals surface area contributed by atoms with E-state index in [4.69, 9.17) is 9.47 Å². The molecule has 0 radical (unpaired) electrons. The fraction of sp³-hybridized carbons (Fsp3) is 0.286. The lowest BCUT2D eigenvalue weighted by Gasteiger charge is -2.23. The number of pyridine rings is 1. The van der Waals surface area contributed by atoms with E-state index < -0.39 is 0 Å². The molecule has 5 rings (SSSR count). The zero-order valence-corrected chi connectivity index (χ0v) is 19.5. The molecule has 1 N–H and O–H groups in total. The van der Waals surface area contributed by atoms with Gasteiger partial charge in [0.25, 0.3) is 0 Å². The highest BCUT2D eigenvalue weighted by molar-refractivity contribution is 5.96. The van der Waals surface area contributed by atoms with E-state index in [2.05, 4.69) is 65.4 Å². The standard InChI is InChI=1S/C28H28N4O2/c1-32(2)18-19-4-3-5-21(14-19)26-16-25-24(8-11-30-28(25)31-26)20-6-7-27(22(15-20)17-29)34-23-9-12-33-13-10-23/h3-8,11,14-16,23H,9-10,12-13,18H2,1-2H3,(H,30,31). The Morgan fingerprint density at radius 1 is 1.09 bits per heavy atom. The fourth-order valence-electron chi connectivity index (χ4n) is 4.50. The number of aromatic nitrogens is 2. The molecule has 0 amide bonds. The summed E-state index contributed by atoms with van der Waals surface area (Å²) < 4.78 is 11.5. The van der Waals surface area contributed by atoms with Crippen LogP contribution in [0.1, 0.15) is 24.0 Å². The summed E-state index contributed by atoms with van der Waals surface area (Å²) in [5.74, 6) is 0.635. The summed E-state index contributed by atoms with van der Waals surface area (Å²) in [6, 6.07) is 20.8. The van der Waals surface area contributed by atoms with Crippen molar-refractivity contribution in [3.8, 4) is 34.2 Å². The number of fused-ring (bicyclic) bond motifs is 1. The number of H-pyrrole nitrogens is 1. The van der Waals surface area contributed by atoms with Crippen LogP contribution in [0.2, 0.25) is 0 Å². The van der Waals surface area contributed by atoms with Crippen LogP contribution in [0.4, 0.5) is 0 Å². The van der Waals surface area contributed by atoms with Gasteiger partial charge in [-0.1, -0.05) is 24.3 Å². The van der Waals surface area contributed by atoms with E-state index in [1.165, 1.54) is 5.56 Å². The monoisotopic (exact) mass is 452 g/mol. The molecule has 3 heterocycles. The van der Waals surface area contributed by atoms with E-state index in [1.807, 2.05) is 24.3 Å². The fourth-order valence-corrected chi connectivity index (χ4v) is 4.50. The quantitative estimate of drug-likeness (QED) is 0.425. The minimum atomic E-state index is 0.0924. The third kappa shape index (κ3) is 4.67. The van der Waals surface area contributed by atoms with E-state index in [-0.39, 0.29) is 6.10 Å². The van der Waals surface area contributed by atoms with Crippen LogP contribution >= 0.6 is 0 Å². The first-order valence-electron chi connectivity index (χ1n) is 11.6. The maximum Gasteiger partial charge on any atom is 0.138 e. The highest BCUT2D eigenvalue weighted by Crippen LogP contribution is 2.34. The van der Waals surface area contributed by atoms with Crippen molar-refractivity contribution >= 4 is 11.0 Å². The van der Waals surface area contributed by atoms with Crippen molar-refractivity contribution in [2.75, 3.05) is 27.3 Å². The van der Waals surface area contributed by atoms with Crippen LogP contribution in [0.25, 0.3) is 33.4 Å². The number of aromatic amines is 1. The Kier molecular flexibility index (Phi) is 6.31. The first-order chi connectivity index (χ1) is 16.6. The van der Waals surface area contributed by atoms with Crippen molar-refractivity contribution in [2.24, 2.45) is 0 Å². The number of benzene rings is 2. The highest BCUT2D eigenvalue weighted by Gasteiger charge is 2.18. The number of nitrogens with zero attached hydrogens (tertiary/aromatic N) is 3. The Bertz CT molecular complexity index is 1350. The Balaban J connectivity index is 1.48. The molecule has 0 spiro atoms.